The Hall–Kier alpha value is -3.25. The molecule has 162 valence electrons. The fourth-order valence-electron chi connectivity index (χ4n) is 4.48. The number of nitrogens with zero attached hydrogens (tertiary/aromatic N) is 3. The second-order valence-electron chi connectivity index (χ2n) is 8.27. The van der Waals surface area contributed by atoms with E-state index in [1.165, 1.54) is 0 Å². The van der Waals surface area contributed by atoms with Crippen LogP contribution in [-0.4, -0.2) is 34.0 Å². The highest BCUT2D eigenvalue weighted by molar-refractivity contribution is 7.08. The maximum Gasteiger partial charge on any atom is 0.234 e. The summed E-state index contributed by atoms with van der Waals surface area (Å²) in [6, 6.07) is 22.1. The molecule has 0 bridgehead atoms. The van der Waals surface area contributed by atoms with Crippen LogP contribution in [0.2, 0.25) is 0 Å². The fourth-order valence-corrected chi connectivity index (χ4v) is 5.11. The van der Waals surface area contributed by atoms with Crippen LogP contribution in [0.1, 0.15) is 35.8 Å². The van der Waals surface area contributed by atoms with Crippen LogP contribution >= 0.6 is 11.3 Å². The fraction of sp³-hybridized carbons (Fsp3) is 0.269. The Balaban J connectivity index is 1.32. The maximum atomic E-state index is 13.7. The summed E-state index contributed by atoms with van der Waals surface area (Å²) in [4.78, 5) is 20.3. The van der Waals surface area contributed by atoms with E-state index in [4.69, 9.17) is 4.52 Å². The Morgan fingerprint density at radius 3 is 2.44 bits per heavy atom. The number of piperidine rings is 1. The van der Waals surface area contributed by atoms with Gasteiger partial charge in [-0.15, -0.1) is 0 Å². The number of benzene rings is 2. The molecule has 6 heteroatoms. The van der Waals surface area contributed by atoms with Crippen molar-refractivity contribution in [3.05, 3.63) is 94.5 Å². The van der Waals surface area contributed by atoms with Crippen LogP contribution in [0.15, 0.2) is 82.0 Å². The summed E-state index contributed by atoms with van der Waals surface area (Å²) < 4.78 is 5.51. The molecule has 5 nitrogen and oxygen atoms in total. The Kier molecular flexibility index (Phi) is 6.12. The topological polar surface area (TPSA) is 59.2 Å². The number of aromatic nitrogens is 2. The molecule has 0 radical (unpaired) electrons. The summed E-state index contributed by atoms with van der Waals surface area (Å²) in [7, 11) is 0. The van der Waals surface area contributed by atoms with E-state index in [2.05, 4.69) is 10.1 Å². The van der Waals surface area contributed by atoms with Crippen LogP contribution in [0, 0.1) is 5.92 Å². The van der Waals surface area contributed by atoms with Crippen molar-refractivity contribution in [1.29, 1.82) is 0 Å². The Morgan fingerprint density at radius 1 is 1.06 bits per heavy atom. The molecule has 1 aliphatic heterocycles. The lowest BCUT2D eigenvalue weighted by Gasteiger charge is -2.35. The monoisotopic (exact) mass is 443 g/mol. The normalized spacial score (nSPS) is 16.4. The van der Waals surface area contributed by atoms with Gasteiger partial charge in [0.15, 0.2) is 0 Å². The van der Waals surface area contributed by atoms with Gasteiger partial charge >= 0.3 is 0 Å². The van der Waals surface area contributed by atoms with Crippen LogP contribution in [-0.2, 0) is 11.2 Å². The number of likely N-dealkylation sites (tertiary alicyclic amines) is 1. The number of hydrogen-bond donors (Lipinski definition) is 0. The molecule has 0 aliphatic carbocycles. The first-order valence-electron chi connectivity index (χ1n) is 11.0. The largest absolute Gasteiger partial charge is 0.342 e. The van der Waals surface area contributed by atoms with Crippen molar-refractivity contribution in [3.63, 3.8) is 0 Å². The summed E-state index contributed by atoms with van der Waals surface area (Å²) in [5.74, 6) is 1.48. The standard InChI is InChI=1S/C26H25N3O2S/c30-26(24(20-9-3-1-4-10-20)21-11-5-2-6-12-21)29-14-7-8-19(17-29)16-23-27-25(28-31-23)22-13-15-32-18-22/h1-6,9-13,15,18-19,24H,7-8,14,16-17H2. The highest BCUT2D eigenvalue weighted by Crippen LogP contribution is 2.30. The first-order valence-corrected chi connectivity index (χ1v) is 12.0. The quantitative estimate of drug-likeness (QED) is 0.400. The summed E-state index contributed by atoms with van der Waals surface area (Å²) >= 11 is 1.62. The Morgan fingerprint density at radius 2 is 1.78 bits per heavy atom. The number of carbonyl (C=O) groups excluding carboxylic acids is 1. The zero-order valence-corrected chi connectivity index (χ0v) is 18.6. The van der Waals surface area contributed by atoms with E-state index >= 15 is 0 Å². The van der Waals surface area contributed by atoms with E-state index in [9.17, 15) is 4.79 Å². The van der Waals surface area contributed by atoms with Gasteiger partial charge in [0.25, 0.3) is 0 Å². The van der Waals surface area contributed by atoms with Crippen molar-refractivity contribution >= 4 is 17.2 Å². The average Bonchev–Trinajstić information content (AvgIpc) is 3.53. The lowest BCUT2D eigenvalue weighted by molar-refractivity contribution is -0.133. The van der Waals surface area contributed by atoms with Gasteiger partial charge in [0.1, 0.15) is 0 Å². The predicted octanol–water partition coefficient (Wildman–Crippen LogP) is 5.41. The predicted molar refractivity (Wildman–Crippen MR) is 125 cm³/mol. The van der Waals surface area contributed by atoms with Crippen LogP contribution in [0.5, 0.6) is 0 Å². The number of hydrogen-bond acceptors (Lipinski definition) is 5. The van der Waals surface area contributed by atoms with Crippen molar-refractivity contribution in [2.75, 3.05) is 13.1 Å². The lowest BCUT2D eigenvalue weighted by atomic mass is 9.88. The molecule has 1 amide bonds. The first-order chi connectivity index (χ1) is 15.8. The molecule has 1 aliphatic rings. The lowest BCUT2D eigenvalue weighted by Crippen LogP contribution is -2.43. The average molecular weight is 444 g/mol. The van der Waals surface area contributed by atoms with Gasteiger partial charge in [-0.05, 0) is 41.3 Å². The number of carbonyl (C=O) groups is 1. The van der Waals surface area contributed by atoms with E-state index in [1.54, 1.807) is 11.3 Å². The number of thiophene rings is 1. The maximum absolute atomic E-state index is 13.7. The molecule has 1 atom stereocenters. The third-order valence-corrected chi connectivity index (χ3v) is 6.74. The van der Waals surface area contributed by atoms with Crippen molar-refractivity contribution in [2.24, 2.45) is 5.92 Å². The zero-order chi connectivity index (χ0) is 21.8. The van der Waals surface area contributed by atoms with Gasteiger partial charge in [-0.3, -0.25) is 4.79 Å². The van der Waals surface area contributed by atoms with Crippen molar-refractivity contribution in [1.82, 2.24) is 15.0 Å². The van der Waals surface area contributed by atoms with E-state index < -0.39 is 0 Å². The van der Waals surface area contributed by atoms with Gasteiger partial charge in [0.2, 0.25) is 17.6 Å². The summed E-state index contributed by atoms with van der Waals surface area (Å²) in [5.41, 5.74) is 3.05. The van der Waals surface area contributed by atoms with Gasteiger partial charge in [-0.1, -0.05) is 65.8 Å². The molecule has 2 aromatic carbocycles. The number of rotatable bonds is 6. The second-order valence-corrected chi connectivity index (χ2v) is 9.05. The van der Waals surface area contributed by atoms with Gasteiger partial charge < -0.3 is 9.42 Å². The molecule has 1 unspecified atom stereocenters. The molecule has 0 N–H and O–H groups in total. The highest BCUT2D eigenvalue weighted by Gasteiger charge is 2.31. The molecule has 2 aromatic heterocycles. The van der Waals surface area contributed by atoms with Gasteiger partial charge in [-0.25, -0.2) is 0 Å². The number of amides is 1. The van der Waals surface area contributed by atoms with Crippen molar-refractivity contribution in [3.8, 4) is 11.4 Å². The SMILES string of the molecule is O=C(C(c1ccccc1)c1ccccc1)N1CCCC(Cc2nc(-c3ccsc3)no2)C1. The molecule has 0 spiro atoms. The molecule has 0 saturated carbocycles. The minimum atomic E-state index is -0.287. The second kappa shape index (κ2) is 9.49. The van der Waals surface area contributed by atoms with E-state index in [0.717, 1.165) is 36.1 Å². The van der Waals surface area contributed by atoms with Crippen LogP contribution in [0.4, 0.5) is 0 Å². The van der Waals surface area contributed by atoms with Crippen molar-refractivity contribution in [2.45, 2.75) is 25.2 Å². The smallest absolute Gasteiger partial charge is 0.234 e. The van der Waals surface area contributed by atoms with Crippen LogP contribution in [0.25, 0.3) is 11.4 Å². The first kappa shape index (κ1) is 20.6. The van der Waals surface area contributed by atoms with Crippen LogP contribution in [0.3, 0.4) is 0 Å². The van der Waals surface area contributed by atoms with Crippen molar-refractivity contribution < 1.29 is 9.32 Å². The molecular weight excluding hydrogens is 418 g/mol. The summed E-state index contributed by atoms with van der Waals surface area (Å²) in [6.45, 7) is 1.50. The summed E-state index contributed by atoms with van der Waals surface area (Å²) in [5, 5.41) is 8.15. The third-order valence-electron chi connectivity index (χ3n) is 6.05. The molecule has 4 aromatic rings. The third kappa shape index (κ3) is 4.50. The van der Waals surface area contributed by atoms with E-state index in [-0.39, 0.29) is 11.8 Å². The molecule has 1 saturated heterocycles. The molecule has 3 heterocycles. The molecule has 1 fully saturated rings. The Bertz CT molecular complexity index is 1100. The minimum Gasteiger partial charge on any atom is -0.342 e. The molecule has 32 heavy (non-hydrogen) atoms. The Labute approximate surface area is 191 Å². The van der Waals surface area contributed by atoms with E-state index in [1.807, 2.05) is 82.4 Å². The zero-order valence-electron chi connectivity index (χ0n) is 17.8. The van der Waals surface area contributed by atoms with Gasteiger partial charge in [0, 0.05) is 30.5 Å². The minimum absolute atomic E-state index is 0.164. The summed E-state index contributed by atoms with van der Waals surface area (Å²) in [6.07, 6.45) is 2.74. The van der Waals surface area contributed by atoms with Crippen LogP contribution < -0.4 is 0 Å². The van der Waals surface area contributed by atoms with Gasteiger partial charge in [-0.2, -0.15) is 16.3 Å². The van der Waals surface area contributed by atoms with Gasteiger partial charge in [0.05, 0.1) is 5.92 Å². The molecule has 5 rings (SSSR count). The molecular formula is C26H25N3O2S. The van der Waals surface area contributed by atoms with E-state index in [0.29, 0.717) is 30.6 Å². The highest BCUT2D eigenvalue weighted by atomic mass is 32.1.